The van der Waals surface area contributed by atoms with E-state index in [-0.39, 0.29) is 23.3 Å². The number of aromatic nitrogens is 1. The summed E-state index contributed by atoms with van der Waals surface area (Å²) < 4.78 is 41.9. The molecular weight excluding hydrogens is 493 g/mol. The van der Waals surface area contributed by atoms with Crippen molar-refractivity contribution in [2.45, 2.75) is 57.2 Å². The summed E-state index contributed by atoms with van der Waals surface area (Å²) in [5.74, 6) is -0.982. The largest absolute Gasteiger partial charge is 0.573 e. The molecule has 2 N–H and O–H groups in total. The number of hydrogen-bond acceptors (Lipinski definition) is 5. The van der Waals surface area contributed by atoms with Crippen molar-refractivity contribution >= 4 is 29.0 Å². The lowest BCUT2D eigenvalue weighted by molar-refractivity contribution is -0.274. The van der Waals surface area contributed by atoms with E-state index in [1.165, 1.54) is 48.0 Å². The zero-order chi connectivity index (χ0) is 25.5. The average molecular weight is 523 g/mol. The number of allylic oxidation sites excluding steroid dienone is 1. The Balaban J connectivity index is 1.26. The van der Waals surface area contributed by atoms with Crippen molar-refractivity contribution in [2.75, 3.05) is 25.0 Å². The zero-order valence-electron chi connectivity index (χ0n) is 19.8. The van der Waals surface area contributed by atoms with Crippen molar-refractivity contribution < 1.29 is 27.5 Å². The number of nitrogens with zero attached hydrogens (tertiary/aromatic N) is 2. The van der Waals surface area contributed by atoms with Gasteiger partial charge < -0.3 is 20.3 Å². The van der Waals surface area contributed by atoms with Gasteiger partial charge in [-0.2, -0.15) is 0 Å². The number of rotatable bonds is 7. The number of halogens is 3. The van der Waals surface area contributed by atoms with Gasteiger partial charge in [0.15, 0.2) is 5.75 Å². The lowest BCUT2D eigenvalue weighted by atomic mass is 9.97. The number of amides is 3. The van der Waals surface area contributed by atoms with E-state index in [1.54, 1.807) is 5.38 Å². The van der Waals surface area contributed by atoms with Crippen molar-refractivity contribution in [3.05, 3.63) is 52.0 Å². The number of carbonyl (C=O) groups excluding carboxylic acids is 2. The first-order valence-corrected chi connectivity index (χ1v) is 13.0. The van der Waals surface area contributed by atoms with Crippen molar-refractivity contribution in [3.63, 3.8) is 0 Å². The number of piperidine rings is 1. The third-order valence-corrected chi connectivity index (χ3v) is 7.36. The van der Waals surface area contributed by atoms with E-state index < -0.39 is 18.0 Å². The minimum Gasteiger partial charge on any atom is -0.404 e. The fraction of sp³-hybridized carbons (Fsp3) is 0.480. The summed E-state index contributed by atoms with van der Waals surface area (Å²) in [6.07, 6.45) is 4.53. The van der Waals surface area contributed by atoms with Crippen molar-refractivity contribution in [1.29, 1.82) is 0 Å². The fourth-order valence-corrected chi connectivity index (χ4v) is 5.42. The number of likely N-dealkylation sites (tertiary alicyclic amines) is 1. The molecule has 2 heterocycles. The lowest BCUT2D eigenvalue weighted by Gasteiger charge is -2.31. The highest BCUT2D eigenvalue weighted by molar-refractivity contribution is 7.10. The molecule has 1 aliphatic heterocycles. The van der Waals surface area contributed by atoms with Gasteiger partial charge in [-0.05, 0) is 57.1 Å². The fourth-order valence-electron chi connectivity index (χ4n) is 4.45. The molecule has 4 rings (SSSR count). The van der Waals surface area contributed by atoms with Crippen LogP contribution < -0.4 is 15.4 Å². The van der Waals surface area contributed by atoms with Gasteiger partial charge in [0, 0.05) is 30.9 Å². The van der Waals surface area contributed by atoms with Crippen molar-refractivity contribution in [1.82, 2.24) is 15.2 Å². The van der Waals surface area contributed by atoms with E-state index in [0.717, 1.165) is 43.2 Å². The molecule has 1 aromatic heterocycles. The van der Waals surface area contributed by atoms with Crippen LogP contribution >= 0.6 is 11.3 Å². The SMILES string of the molecule is O=C(Nc1ccccc1OC(F)(F)F)c1csc(C2CCN(C(=O)NCCC3=CCCCC3)CC2)n1. The molecule has 194 valence electrons. The molecule has 1 aromatic carbocycles. The predicted octanol–water partition coefficient (Wildman–Crippen LogP) is 6.07. The first-order valence-electron chi connectivity index (χ1n) is 12.1. The van der Waals surface area contributed by atoms with Gasteiger partial charge in [-0.1, -0.05) is 23.8 Å². The third kappa shape index (κ3) is 7.22. The second-order valence-corrected chi connectivity index (χ2v) is 9.81. The van der Waals surface area contributed by atoms with Gasteiger partial charge in [-0.25, -0.2) is 9.78 Å². The number of thiazole rings is 1. The Morgan fingerprint density at radius 2 is 1.94 bits per heavy atom. The summed E-state index contributed by atoms with van der Waals surface area (Å²) in [7, 11) is 0. The molecule has 3 amide bonds. The van der Waals surface area contributed by atoms with Crippen LogP contribution in [0.4, 0.5) is 23.7 Å². The molecule has 1 aliphatic carbocycles. The van der Waals surface area contributed by atoms with Crippen LogP contribution in [-0.4, -0.2) is 47.8 Å². The molecule has 0 saturated carbocycles. The molecule has 1 fully saturated rings. The quantitative estimate of drug-likeness (QED) is 0.432. The van der Waals surface area contributed by atoms with Crippen LogP contribution in [0.2, 0.25) is 0 Å². The molecule has 0 radical (unpaired) electrons. The maximum absolute atomic E-state index is 12.6. The number of urea groups is 1. The highest BCUT2D eigenvalue weighted by Crippen LogP contribution is 2.32. The number of carbonyl (C=O) groups is 2. The number of nitrogens with one attached hydrogen (secondary N) is 2. The van der Waals surface area contributed by atoms with Crippen LogP contribution in [0.15, 0.2) is 41.3 Å². The topological polar surface area (TPSA) is 83.6 Å². The van der Waals surface area contributed by atoms with Crippen LogP contribution in [0.5, 0.6) is 5.75 Å². The Labute approximate surface area is 211 Å². The van der Waals surface area contributed by atoms with Crippen molar-refractivity contribution in [2.24, 2.45) is 0 Å². The monoisotopic (exact) mass is 522 g/mol. The summed E-state index contributed by atoms with van der Waals surface area (Å²) in [6.45, 7) is 1.84. The smallest absolute Gasteiger partial charge is 0.404 e. The highest BCUT2D eigenvalue weighted by atomic mass is 32.1. The summed E-state index contributed by atoms with van der Waals surface area (Å²) in [5, 5.41) is 7.84. The van der Waals surface area contributed by atoms with Gasteiger partial charge in [-0.3, -0.25) is 4.79 Å². The van der Waals surface area contributed by atoms with Crippen LogP contribution in [0.3, 0.4) is 0 Å². The van der Waals surface area contributed by atoms with E-state index in [4.69, 9.17) is 0 Å². The Bertz CT molecular complexity index is 1090. The molecule has 7 nitrogen and oxygen atoms in total. The number of anilines is 1. The number of benzene rings is 1. The minimum absolute atomic E-state index is 0.0520. The summed E-state index contributed by atoms with van der Waals surface area (Å²) in [4.78, 5) is 31.4. The first kappa shape index (κ1) is 26.0. The maximum Gasteiger partial charge on any atom is 0.573 e. The molecule has 2 aromatic rings. The minimum atomic E-state index is -4.87. The standard InChI is InChI=1S/C25H29F3N4O3S/c26-25(27,28)35-21-9-5-4-8-19(21)30-22(33)20-16-36-23(31-20)18-11-14-32(15-12-18)24(34)29-13-10-17-6-2-1-3-7-17/h4-6,8-9,16,18H,1-3,7,10-15H2,(H,29,34)(H,30,33). The Kier molecular flexibility index (Phi) is 8.50. The molecule has 0 spiro atoms. The molecule has 11 heteroatoms. The lowest BCUT2D eigenvalue weighted by Crippen LogP contribution is -2.44. The summed E-state index contributed by atoms with van der Waals surface area (Å²) >= 11 is 1.34. The molecule has 0 atom stereocenters. The molecule has 36 heavy (non-hydrogen) atoms. The molecular formula is C25H29F3N4O3S. The summed E-state index contributed by atoms with van der Waals surface area (Å²) in [6, 6.07) is 5.30. The van der Waals surface area contributed by atoms with Gasteiger partial charge in [0.05, 0.1) is 10.7 Å². The second kappa shape index (κ2) is 11.8. The normalized spacial score (nSPS) is 16.9. The molecule has 1 saturated heterocycles. The zero-order valence-corrected chi connectivity index (χ0v) is 20.6. The van der Waals surface area contributed by atoms with E-state index >= 15 is 0 Å². The Hall–Kier alpha value is -3.08. The number of hydrogen-bond donors (Lipinski definition) is 2. The number of ether oxygens (including phenoxy) is 1. The molecule has 0 unspecified atom stereocenters. The Morgan fingerprint density at radius 1 is 1.17 bits per heavy atom. The summed E-state index contributed by atoms with van der Waals surface area (Å²) in [5.41, 5.74) is 1.47. The van der Waals surface area contributed by atoms with Crippen LogP contribution in [0.25, 0.3) is 0 Å². The number of alkyl halides is 3. The average Bonchev–Trinajstić information content (AvgIpc) is 3.36. The van der Waals surface area contributed by atoms with Gasteiger partial charge in [-0.15, -0.1) is 24.5 Å². The van der Waals surface area contributed by atoms with Crippen LogP contribution in [0.1, 0.15) is 66.4 Å². The van der Waals surface area contributed by atoms with Gasteiger partial charge >= 0.3 is 12.4 Å². The maximum atomic E-state index is 12.6. The van der Waals surface area contributed by atoms with E-state index in [2.05, 4.69) is 26.4 Å². The van der Waals surface area contributed by atoms with E-state index in [0.29, 0.717) is 19.6 Å². The van der Waals surface area contributed by atoms with Gasteiger partial charge in [0.1, 0.15) is 5.69 Å². The predicted molar refractivity (Wildman–Crippen MR) is 131 cm³/mol. The van der Waals surface area contributed by atoms with E-state index in [1.807, 2.05) is 4.90 Å². The first-order chi connectivity index (χ1) is 17.3. The Morgan fingerprint density at radius 3 is 2.67 bits per heavy atom. The van der Waals surface area contributed by atoms with E-state index in [9.17, 15) is 22.8 Å². The van der Waals surface area contributed by atoms with Crippen molar-refractivity contribution in [3.8, 4) is 5.75 Å². The van der Waals surface area contributed by atoms with Crippen LogP contribution in [-0.2, 0) is 0 Å². The molecule has 0 bridgehead atoms. The number of para-hydroxylation sites is 2. The second-order valence-electron chi connectivity index (χ2n) is 8.92. The highest BCUT2D eigenvalue weighted by Gasteiger charge is 2.32. The molecule has 2 aliphatic rings. The van der Waals surface area contributed by atoms with Crippen LogP contribution in [0, 0.1) is 0 Å². The third-order valence-electron chi connectivity index (χ3n) is 6.35. The van der Waals surface area contributed by atoms with Gasteiger partial charge in [0.25, 0.3) is 5.91 Å². The van der Waals surface area contributed by atoms with Gasteiger partial charge in [0.2, 0.25) is 0 Å².